The average molecular weight is 209 g/mol. The van der Waals surface area contributed by atoms with Crippen molar-refractivity contribution in [2.45, 2.75) is 6.92 Å². The fourth-order valence-corrected chi connectivity index (χ4v) is 1.32. The van der Waals surface area contributed by atoms with E-state index < -0.39 is 16.2 Å². The number of hydrogen-bond acceptors (Lipinski definition) is 5. The molecule has 0 aliphatic heterocycles. The van der Waals surface area contributed by atoms with Crippen LogP contribution in [0.15, 0.2) is 11.1 Å². The summed E-state index contributed by atoms with van der Waals surface area (Å²) < 4.78 is 2.42. The summed E-state index contributed by atoms with van der Waals surface area (Å²) in [4.78, 5) is 25.4. The van der Waals surface area contributed by atoms with Crippen LogP contribution in [-0.2, 0) is 7.05 Å². The standard InChI is InChI=1S/C7H7N5O3/c1-4-5(12(14)15)6(13)11-7(9-4)10(2)3-8-11/h3H,1-2H3. The van der Waals surface area contributed by atoms with Gasteiger partial charge in [-0.25, -0.2) is 4.98 Å². The van der Waals surface area contributed by atoms with Crippen LogP contribution in [0.5, 0.6) is 0 Å². The topological polar surface area (TPSA) is 95.3 Å². The fourth-order valence-electron chi connectivity index (χ4n) is 1.32. The molecule has 0 atom stereocenters. The number of rotatable bonds is 1. The first-order valence-corrected chi connectivity index (χ1v) is 4.07. The summed E-state index contributed by atoms with van der Waals surface area (Å²) in [7, 11) is 1.65. The van der Waals surface area contributed by atoms with Crippen molar-refractivity contribution in [1.82, 2.24) is 19.2 Å². The van der Waals surface area contributed by atoms with E-state index in [2.05, 4.69) is 10.1 Å². The second-order valence-corrected chi connectivity index (χ2v) is 3.06. The molecule has 15 heavy (non-hydrogen) atoms. The van der Waals surface area contributed by atoms with Crippen molar-refractivity contribution in [2.24, 2.45) is 7.05 Å². The van der Waals surface area contributed by atoms with Crippen molar-refractivity contribution in [3.63, 3.8) is 0 Å². The molecule has 0 spiro atoms. The normalized spacial score (nSPS) is 10.8. The van der Waals surface area contributed by atoms with Gasteiger partial charge in [0.15, 0.2) is 0 Å². The van der Waals surface area contributed by atoms with E-state index in [4.69, 9.17) is 0 Å². The lowest BCUT2D eigenvalue weighted by molar-refractivity contribution is -0.387. The Balaban J connectivity index is 2.98. The summed E-state index contributed by atoms with van der Waals surface area (Å²) in [6, 6.07) is 0. The van der Waals surface area contributed by atoms with Gasteiger partial charge in [0.2, 0.25) is 5.78 Å². The van der Waals surface area contributed by atoms with Crippen LogP contribution in [0.1, 0.15) is 5.69 Å². The number of aryl methyl sites for hydroxylation is 2. The van der Waals surface area contributed by atoms with Gasteiger partial charge in [0, 0.05) is 7.05 Å². The van der Waals surface area contributed by atoms with Crippen LogP contribution in [0.25, 0.3) is 5.78 Å². The molecule has 8 heteroatoms. The predicted molar refractivity (Wildman–Crippen MR) is 49.6 cm³/mol. The van der Waals surface area contributed by atoms with Gasteiger partial charge in [0.05, 0.1) is 4.92 Å². The van der Waals surface area contributed by atoms with Crippen molar-refractivity contribution < 1.29 is 4.92 Å². The van der Waals surface area contributed by atoms with Crippen LogP contribution < -0.4 is 5.56 Å². The Hall–Kier alpha value is -2.25. The second kappa shape index (κ2) is 2.87. The largest absolute Gasteiger partial charge is 0.357 e. The van der Waals surface area contributed by atoms with Gasteiger partial charge in [-0.2, -0.15) is 9.61 Å². The SMILES string of the molecule is Cc1nc2n(C)cnn2c(=O)c1[N+](=O)[O-]. The molecule has 0 aliphatic rings. The van der Waals surface area contributed by atoms with Gasteiger partial charge in [-0.15, -0.1) is 0 Å². The molecule has 2 aromatic rings. The van der Waals surface area contributed by atoms with E-state index in [-0.39, 0.29) is 11.5 Å². The van der Waals surface area contributed by atoms with E-state index in [0.717, 1.165) is 4.52 Å². The Morgan fingerprint density at radius 3 is 2.80 bits per heavy atom. The number of nitro groups is 1. The van der Waals surface area contributed by atoms with Gasteiger partial charge in [-0.3, -0.25) is 14.9 Å². The van der Waals surface area contributed by atoms with Crippen molar-refractivity contribution in [2.75, 3.05) is 0 Å². The molecule has 0 bridgehead atoms. The third-order valence-electron chi connectivity index (χ3n) is 2.03. The van der Waals surface area contributed by atoms with Gasteiger partial charge in [0.25, 0.3) is 0 Å². The molecule has 0 aliphatic carbocycles. The number of fused-ring (bicyclic) bond motifs is 1. The van der Waals surface area contributed by atoms with E-state index in [1.54, 1.807) is 7.05 Å². The Labute approximate surface area is 82.9 Å². The summed E-state index contributed by atoms with van der Waals surface area (Å²) in [5, 5.41) is 14.3. The zero-order valence-corrected chi connectivity index (χ0v) is 8.04. The molecule has 0 fully saturated rings. The quantitative estimate of drug-likeness (QED) is 0.472. The van der Waals surface area contributed by atoms with Crippen LogP contribution in [0, 0.1) is 17.0 Å². The smallest absolute Gasteiger partial charge is 0.303 e. The highest BCUT2D eigenvalue weighted by atomic mass is 16.6. The molecule has 2 rings (SSSR count). The lowest BCUT2D eigenvalue weighted by Gasteiger charge is -1.97. The van der Waals surface area contributed by atoms with E-state index in [9.17, 15) is 14.9 Å². The minimum atomic E-state index is -0.761. The van der Waals surface area contributed by atoms with Gasteiger partial charge in [-0.05, 0) is 6.92 Å². The Bertz CT molecular complexity index is 611. The average Bonchev–Trinajstić information content (AvgIpc) is 2.47. The van der Waals surface area contributed by atoms with Crippen LogP contribution in [0.2, 0.25) is 0 Å². The molecule has 0 saturated carbocycles. The lowest BCUT2D eigenvalue weighted by atomic mass is 10.4. The van der Waals surface area contributed by atoms with Crippen LogP contribution >= 0.6 is 0 Å². The Morgan fingerprint density at radius 2 is 2.20 bits per heavy atom. The fraction of sp³-hybridized carbons (Fsp3) is 0.286. The maximum absolute atomic E-state index is 11.6. The zero-order valence-electron chi connectivity index (χ0n) is 8.04. The van der Waals surface area contributed by atoms with Crippen LogP contribution in [0.4, 0.5) is 5.69 Å². The van der Waals surface area contributed by atoms with Crippen molar-refractivity contribution >= 4 is 11.5 Å². The second-order valence-electron chi connectivity index (χ2n) is 3.06. The maximum Gasteiger partial charge on any atom is 0.357 e. The Morgan fingerprint density at radius 1 is 1.53 bits per heavy atom. The molecule has 0 N–H and O–H groups in total. The molecule has 0 saturated heterocycles. The molecular formula is C7H7N5O3. The first-order chi connectivity index (χ1) is 7.02. The molecule has 0 unspecified atom stereocenters. The third-order valence-corrected chi connectivity index (χ3v) is 2.03. The molecule has 78 valence electrons. The van der Waals surface area contributed by atoms with Crippen molar-refractivity contribution in [3.05, 3.63) is 32.5 Å². The minimum absolute atomic E-state index is 0.0913. The summed E-state index contributed by atoms with van der Waals surface area (Å²) in [6.07, 6.45) is 1.37. The summed E-state index contributed by atoms with van der Waals surface area (Å²) in [5.74, 6) is 0.281. The predicted octanol–water partition coefficient (Wildman–Crippen LogP) is -0.355. The summed E-state index contributed by atoms with van der Waals surface area (Å²) in [5.41, 5.74) is -1.21. The lowest BCUT2D eigenvalue weighted by Crippen LogP contribution is -2.20. The van der Waals surface area contributed by atoms with Crippen molar-refractivity contribution in [3.8, 4) is 0 Å². The molecule has 0 aromatic carbocycles. The Kier molecular flexibility index (Phi) is 1.78. The zero-order chi connectivity index (χ0) is 11.2. The summed E-state index contributed by atoms with van der Waals surface area (Å²) >= 11 is 0. The van der Waals surface area contributed by atoms with Crippen LogP contribution in [-0.4, -0.2) is 24.1 Å². The maximum atomic E-state index is 11.6. The number of hydrogen-bond donors (Lipinski definition) is 0. The molecule has 0 amide bonds. The monoisotopic (exact) mass is 209 g/mol. The minimum Gasteiger partial charge on any atom is -0.303 e. The molecule has 0 radical (unpaired) electrons. The number of nitrogens with zero attached hydrogens (tertiary/aromatic N) is 5. The highest BCUT2D eigenvalue weighted by molar-refractivity contribution is 5.39. The molecule has 2 aromatic heterocycles. The number of aromatic nitrogens is 4. The molecule has 8 nitrogen and oxygen atoms in total. The summed E-state index contributed by atoms with van der Waals surface area (Å²) in [6.45, 7) is 1.42. The van der Waals surface area contributed by atoms with E-state index >= 15 is 0 Å². The van der Waals surface area contributed by atoms with Crippen molar-refractivity contribution in [1.29, 1.82) is 0 Å². The van der Waals surface area contributed by atoms with E-state index in [0.29, 0.717) is 0 Å². The molecule has 2 heterocycles. The van der Waals surface area contributed by atoms with Gasteiger partial charge >= 0.3 is 11.2 Å². The van der Waals surface area contributed by atoms with Gasteiger partial charge in [-0.1, -0.05) is 0 Å². The van der Waals surface area contributed by atoms with Crippen LogP contribution in [0.3, 0.4) is 0 Å². The molecular weight excluding hydrogens is 202 g/mol. The highest BCUT2D eigenvalue weighted by Gasteiger charge is 2.21. The first kappa shape index (κ1) is 9.31. The third kappa shape index (κ3) is 1.18. The van der Waals surface area contributed by atoms with Gasteiger partial charge < -0.3 is 4.57 Å². The highest BCUT2D eigenvalue weighted by Crippen LogP contribution is 2.09. The van der Waals surface area contributed by atoms with Gasteiger partial charge in [0.1, 0.15) is 12.0 Å². The van der Waals surface area contributed by atoms with E-state index in [1.807, 2.05) is 0 Å². The first-order valence-electron chi connectivity index (χ1n) is 4.07. The van der Waals surface area contributed by atoms with E-state index in [1.165, 1.54) is 17.8 Å².